The second kappa shape index (κ2) is 9.99. The summed E-state index contributed by atoms with van der Waals surface area (Å²) < 4.78 is 45.5. The molecule has 2 aromatic carbocycles. The number of ether oxygens (including phenoxy) is 1. The van der Waals surface area contributed by atoms with Crippen molar-refractivity contribution >= 4 is 0 Å². The third kappa shape index (κ3) is 5.30. The van der Waals surface area contributed by atoms with E-state index in [1.807, 2.05) is 12.1 Å². The van der Waals surface area contributed by atoms with Crippen LogP contribution < -0.4 is 4.74 Å². The van der Waals surface area contributed by atoms with Crippen molar-refractivity contribution in [2.24, 2.45) is 5.92 Å². The molecule has 0 heterocycles. The third-order valence-corrected chi connectivity index (χ3v) is 5.92. The topological polar surface area (TPSA) is 9.23 Å². The predicted octanol–water partition coefficient (Wildman–Crippen LogP) is 7.54. The number of unbranched alkanes of at least 4 members (excludes halogenated alkanes) is 2. The van der Waals surface area contributed by atoms with Gasteiger partial charge in [0.25, 0.3) is 0 Å². The van der Waals surface area contributed by atoms with Gasteiger partial charge in [-0.2, -0.15) is 0 Å². The molecule has 0 aliphatic heterocycles. The van der Waals surface area contributed by atoms with Gasteiger partial charge in [0, 0.05) is 5.56 Å². The molecule has 0 saturated heterocycles. The Balaban J connectivity index is 1.50. The van der Waals surface area contributed by atoms with Crippen molar-refractivity contribution in [3.05, 3.63) is 65.0 Å². The van der Waals surface area contributed by atoms with Crippen LogP contribution in [0, 0.1) is 23.4 Å². The Kier molecular flexibility index (Phi) is 7.41. The van der Waals surface area contributed by atoms with Crippen LogP contribution in [-0.2, 0) is 6.61 Å². The largest absolute Gasteiger partial charge is 0.489 e. The molecule has 28 heavy (non-hydrogen) atoms. The molecular formula is C24H29F3O. The van der Waals surface area contributed by atoms with E-state index in [0.29, 0.717) is 11.7 Å². The van der Waals surface area contributed by atoms with Gasteiger partial charge in [-0.15, -0.1) is 0 Å². The summed E-state index contributed by atoms with van der Waals surface area (Å²) in [5.41, 5.74) is 1.32. The van der Waals surface area contributed by atoms with E-state index in [0.717, 1.165) is 12.0 Å². The first kappa shape index (κ1) is 20.8. The summed E-state index contributed by atoms with van der Waals surface area (Å²) in [5, 5.41) is 0. The predicted molar refractivity (Wildman–Crippen MR) is 106 cm³/mol. The lowest BCUT2D eigenvalue weighted by atomic mass is 9.77. The molecule has 1 aliphatic carbocycles. The molecule has 3 rings (SSSR count). The van der Waals surface area contributed by atoms with E-state index < -0.39 is 17.5 Å². The minimum absolute atomic E-state index is 0.00405. The minimum atomic E-state index is -1.46. The highest BCUT2D eigenvalue weighted by molar-refractivity contribution is 5.30. The monoisotopic (exact) mass is 390 g/mol. The van der Waals surface area contributed by atoms with Gasteiger partial charge >= 0.3 is 0 Å². The summed E-state index contributed by atoms with van der Waals surface area (Å²) in [6, 6.07) is 10.0. The first-order valence-electron chi connectivity index (χ1n) is 10.4. The van der Waals surface area contributed by atoms with Gasteiger partial charge in [-0.25, -0.2) is 13.2 Å². The zero-order valence-corrected chi connectivity index (χ0v) is 16.5. The lowest BCUT2D eigenvalue weighted by Gasteiger charge is -2.29. The molecule has 152 valence electrons. The van der Waals surface area contributed by atoms with Crippen LogP contribution in [0.4, 0.5) is 13.2 Å². The maximum absolute atomic E-state index is 13.7. The quantitative estimate of drug-likeness (QED) is 0.334. The SMILES string of the molecule is CCCCC[C@H]1CC[C@H](c2ccc(OCc3ccc(F)c(F)c3F)cc2)CC1. The van der Waals surface area contributed by atoms with Crippen LogP contribution in [0.3, 0.4) is 0 Å². The Hall–Kier alpha value is -1.97. The number of halogens is 3. The molecule has 0 N–H and O–H groups in total. The summed E-state index contributed by atoms with van der Waals surface area (Å²) in [5.74, 6) is -1.75. The summed E-state index contributed by atoms with van der Waals surface area (Å²) in [7, 11) is 0. The molecule has 1 saturated carbocycles. The highest BCUT2D eigenvalue weighted by atomic mass is 19.2. The van der Waals surface area contributed by atoms with Gasteiger partial charge < -0.3 is 4.74 Å². The van der Waals surface area contributed by atoms with Gasteiger partial charge in [0.15, 0.2) is 17.5 Å². The average Bonchev–Trinajstić information content (AvgIpc) is 2.73. The second-order valence-electron chi connectivity index (χ2n) is 7.91. The van der Waals surface area contributed by atoms with Crippen molar-refractivity contribution in [1.82, 2.24) is 0 Å². The van der Waals surface area contributed by atoms with Crippen molar-refractivity contribution in [1.29, 1.82) is 0 Å². The van der Waals surface area contributed by atoms with Crippen LogP contribution in [0.15, 0.2) is 36.4 Å². The highest BCUT2D eigenvalue weighted by Gasteiger charge is 2.22. The van der Waals surface area contributed by atoms with Gasteiger partial charge in [0.05, 0.1) is 0 Å². The zero-order chi connectivity index (χ0) is 19.9. The lowest BCUT2D eigenvalue weighted by molar-refractivity contribution is 0.294. The number of rotatable bonds is 8. The van der Waals surface area contributed by atoms with E-state index in [-0.39, 0.29) is 12.2 Å². The van der Waals surface area contributed by atoms with Crippen LogP contribution in [0.1, 0.15) is 75.3 Å². The number of benzene rings is 2. The molecule has 0 amide bonds. The molecule has 1 nitrogen and oxygen atoms in total. The summed E-state index contributed by atoms with van der Waals surface area (Å²) in [6.45, 7) is 2.12. The minimum Gasteiger partial charge on any atom is -0.489 e. The van der Waals surface area contributed by atoms with E-state index in [1.165, 1.54) is 63.0 Å². The molecule has 1 fully saturated rings. The molecule has 1 aliphatic rings. The van der Waals surface area contributed by atoms with E-state index in [9.17, 15) is 13.2 Å². The summed E-state index contributed by atoms with van der Waals surface area (Å²) >= 11 is 0. The van der Waals surface area contributed by atoms with Gasteiger partial charge in [-0.05, 0) is 67.3 Å². The van der Waals surface area contributed by atoms with Crippen molar-refractivity contribution in [2.75, 3.05) is 0 Å². The first-order valence-corrected chi connectivity index (χ1v) is 10.4. The fourth-order valence-corrected chi connectivity index (χ4v) is 4.14. The normalized spacial score (nSPS) is 19.6. The van der Waals surface area contributed by atoms with Gasteiger partial charge in [-0.1, -0.05) is 44.7 Å². The molecule has 4 heteroatoms. The molecule has 2 aromatic rings. The summed E-state index contributed by atoms with van der Waals surface area (Å²) in [4.78, 5) is 0. The second-order valence-corrected chi connectivity index (χ2v) is 7.91. The van der Waals surface area contributed by atoms with E-state index in [2.05, 4.69) is 19.1 Å². The molecule has 0 unspecified atom stereocenters. The van der Waals surface area contributed by atoms with Crippen LogP contribution >= 0.6 is 0 Å². The molecule has 0 bridgehead atoms. The Bertz CT molecular complexity index is 749. The molecule has 0 spiro atoms. The van der Waals surface area contributed by atoms with Crippen molar-refractivity contribution in [3.63, 3.8) is 0 Å². The Morgan fingerprint density at radius 2 is 1.57 bits per heavy atom. The van der Waals surface area contributed by atoms with Crippen molar-refractivity contribution < 1.29 is 17.9 Å². The number of hydrogen-bond acceptors (Lipinski definition) is 1. The summed E-state index contributed by atoms with van der Waals surface area (Å²) in [6.07, 6.45) is 10.4. The smallest absolute Gasteiger partial charge is 0.194 e. The van der Waals surface area contributed by atoms with Crippen molar-refractivity contribution in [2.45, 2.75) is 70.8 Å². The van der Waals surface area contributed by atoms with Crippen LogP contribution in [0.2, 0.25) is 0 Å². The van der Waals surface area contributed by atoms with E-state index in [4.69, 9.17) is 4.74 Å². The first-order chi connectivity index (χ1) is 13.6. The third-order valence-electron chi connectivity index (χ3n) is 5.92. The number of hydrogen-bond donors (Lipinski definition) is 0. The lowest BCUT2D eigenvalue weighted by Crippen LogP contribution is -2.13. The Morgan fingerprint density at radius 1 is 0.857 bits per heavy atom. The van der Waals surface area contributed by atoms with Gasteiger partial charge in [0.1, 0.15) is 12.4 Å². The molecule has 0 atom stereocenters. The molecule has 0 aromatic heterocycles. The maximum Gasteiger partial charge on any atom is 0.194 e. The average molecular weight is 390 g/mol. The van der Waals surface area contributed by atoms with E-state index >= 15 is 0 Å². The zero-order valence-electron chi connectivity index (χ0n) is 16.5. The molecule has 0 radical (unpaired) electrons. The maximum atomic E-state index is 13.7. The van der Waals surface area contributed by atoms with Gasteiger partial charge in [0.2, 0.25) is 0 Å². The fraction of sp³-hybridized carbons (Fsp3) is 0.500. The van der Waals surface area contributed by atoms with Crippen LogP contribution in [0.25, 0.3) is 0 Å². The van der Waals surface area contributed by atoms with Crippen LogP contribution in [-0.4, -0.2) is 0 Å². The van der Waals surface area contributed by atoms with Gasteiger partial charge in [-0.3, -0.25) is 0 Å². The standard InChI is InChI=1S/C24H29F3O/c1-2-3-4-5-17-6-8-18(9-7-17)19-10-13-21(14-11-19)28-16-20-12-15-22(25)24(27)23(20)26/h10-15,17-18H,2-9,16H2,1H3/t17-,18-. The molecular weight excluding hydrogens is 361 g/mol. The van der Waals surface area contributed by atoms with Crippen LogP contribution in [0.5, 0.6) is 5.75 Å². The fourth-order valence-electron chi connectivity index (χ4n) is 4.14. The van der Waals surface area contributed by atoms with E-state index in [1.54, 1.807) is 0 Å². The highest BCUT2D eigenvalue weighted by Crippen LogP contribution is 2.38. The Labute approximate surface area is 165 Å². The van der Waals surface area contributed by atoms with Crippen molar-refractivity contribution in [3.8, 4) is 5.75 Å². The Morgan fingerprint density at radius 3 is 2.25 bits per heavy atom.